The van der Waals surface area contributed by atoms with Crippen LogP contribution in [0.25, 0.3) is 0 Å². The third-order valence-electron chi connectivity index (χ3n) is 5.74. The second kappa shape index (κ2) is 9.23. The molecule has 6 nitrogen and oxygen atoms in total. The second-order valence-corrected chi connectivity index (χ2v) is 7.72. The molecule has 7 heteroatoms. The average molecular weight is 486 g/mol. The van der Waals surface area contributed by atoms with Crippen molar-refractivity contribution >= 4 is 35.8 Å². The van der Waals surface area contributed by atoms with E-state index < -0.39 is 0 Å². The summed E-state index contributed by atoms with van der Waals surface area (Å²) in [4.78, 5) is 16.1. The lowest BCUT2D eigenvalue weighted by Gasteiger charge is -2.54. The summed E-state index contributed by atoms with van der Waals surface area (Å²) in [6.45, 7) is 6.14. The highest BCUT2D eigenvalue weighted by molar-refractivity contribution is 14.0. The van der Waals surface area contributed by atoms with E-state index in [-0.39, 0.29) is 35.3 Å². The first-order chi connectivity index (χ1) is 12.5. The number of ether oxygens (including phenoxy) is 1. The lowest BCUT2D eigenvalue weighted by molar-refractivity contribution is -0.106. The van der Waals surface area contributed by atoms with Gasteiger partial charge in [-0.3, -0.25) is 9.79 Å². The molecule has 0 bridgehead atoms. The van der Waals surface area contributed by atoms with Crippen LogP contribution in [-0.2, 0) is 11.2 Å². The number of guanidine groups is 1. The van der Waals surface area contributed by atoms with Crippen LogP contribution in [0.5, 0.6) is 0 Å². The number of aliphatic imine (C=N–C) groups is 1. The van der Waals surface area contributed by atoms with Gasteiger partial charge < -0.3 is 20.7 Å². The highest BCUT2D eigenvalue weighted by Gasteiger charge is 2.59. The van der Waals surface area contributed by atoms with Crippen LogP contribution >= 0.6 is 24.0 Å². The summed E-state index contributed by atoms with van der Waals surface area (Å²) in [5.74, 6) is 1.35. The molecule has 150 valence electrons. The molecular formula is C20H31IN4O2. The summed E-state index contributed by atoms with van der Waals surface area (Å²) >= 11 is 0. The molecule has 0 spiro atoms. The third kappa shape index (κ3) is 4.56. The Labute approximate surface area is 178 Å². The minimum absolute atomic E-state index is 0. The fraction of sp³-hybridized carbons (Fsp3) is 0.600. The Bertz CT molecular complexity index is 692. The Kier molecular flexibility index (Phi) is 7.50. The van der Waals surface area contributed by atoms with Gasteiger partial charge in [0.1, 0.15) is 0 Å². The van der Waals surface area contributed by atoms with Gasteiger partial charge in [-0.05, 0) is 30.5 Å². The van der Waals surface area contributed by atoms with Crippen molar-refractivity contribution in [3.05, 3.63) is 35.4 Å². The number of nitrogens with one attached hydrogen (secondary N) is 3. The number of hydrogen-bond donors (Lipinski definition) is 3. The number of benzene rings is 1. The van der Waals surface area contributed by atoms with Crippen molar-refractivity contribution in [1.29, 1.82) is 0 Å². The van der Waals surface area contributed by atoms with E-state index in [1.165, 1.54) is 0 Å². The highest BCUT2D eigenvalue weighted by Crippen LogP contribution is 2.52. The van der Waals surface area contributed by atoms with Crippen LogP contribution in [0.1, 0.15) is 36.2 Å². The van der Waals surface area contributed by atoms with E-state index in [0.29, 0.717) is 23.6 Å². The van der Waals surface area contributed by atoms with Gasteiger partial charge in [-0.25, -0.2) is 0 Å². The number of rotatable bonds is 5. The van der Waals surface area contributed by atoms with Crippen LogP contribution < -0.4 is 16.0 Å². The molecular weight excluding hydrogens is 455 g/mol. The van der Waals surface area contributed by atoms with E-state index >= 15 is 0 Å². The van der Waals surface area contributed by atoms with E-state index in [9.17, 15) is 4.79 Å². The van der Waals surface area contributed by atoms with Crippen molar-refractivity contribution in [2.45, 2.75) is 38.8 Å². The van der Waals surface area contributed by atoms with Gasteiger partial charge >= 0.3 is 0 Å². The zero-order valence-electron chi connectivity index (χ0n) is 16.5. The van der Waals surface area contributed by atoms with E-state index in [0.717, 1.165) is 37.5 Å². The highest BCUT2D eigenvalue weighted by atomic mass is 127. The molecule has 3 atom stereocenters. The van der Waals surface area contributed by atoms with E-state index in [1.807, 2.05) is 24.3 Å². The number of amides is 1. The second-order valence-electron chi connectivity index (χ2n) is 7.72. The van der Waals surface area contributed by atoms with Gasteiger partial charge in [-0.2, -0.15) is 0 Å². The maximum Gasteiger partial charge on any atom is 0.251 e. The first kappa shape index (κ1) is 21.9. The summed E-state index contributed by atoms with van der Waals surface area (Å²) in [5, 5.41) is 9.64. The van der Waals surface area contributed by atoms with Gasteiger partial charge in [0.2, 0.25) is 0 Å². The van der Waals surface area contributed by atoms with Crippen LogP contribution in [0.15, 0.2) is 29.3 Å². The Hall–Kier alpha value is -1.35. The molecule has 1 aromatic carbocycles. The standard InChI is InChI=1S/C20H30N4O2.HI/c1-20(2)16(15-9-11-26-17(15)20)24-19(22-4)23-10-8-13-6-5-7-14(12-13)18(25)21-3;/h5-7,12,15-17H,8-11H2,1-4H3,(H,21,25)(H2,22,23,24);1H. The molecule has 0 aromatic heterocycles. The van der Waals surface area contributed by atoms with Gasteiger partial charge in [0.05, 0.1) is 6.10 Å². The van der Waals surface area contributed by atoms with Gasteiger partial charge in [0.15, 0.2) is 5.96 Å². The minimum Gasteiger partial charge on any atom is -0.377 e. The first-order valence-electron chi connectivity index (χ1n) is 9.37. The quantitative estimate of drug-likeness (QED) is 0.339. The minimum atomic E-state index is -0.0576. The summed E-state index contributed by atoms with van der Waals surface area (Å²) in [5.41, 5.74) is 1.94. The van der Waals surface area contributed by atoms with Crippen LogP contribution in [0, 0.1) is 11.3 Å². The first-order valence-corrected chi connectivity index (χ1v) is 9.37. The summed E-state index contributed by atoms with van der Waals surface area (Å²) in [7, 11) is 3.45. The topological polar surface area (TPSA) is 74.8 Å². The SMILES string of the molecule is CN=C(NCCc1cccc(C(=O)NC)c1)NC1C2CCOC2C1(C)C.I. The maximum atomic E-state index is 11.7. The fourth-order valence-electron chi connectivity index (χ4n) is 4.30. The number of carbonyl (C=O) groups is 1. The number of halogens is 1. The summed E-state index contributed by atoms with van der Waals surface area (Å²) in [6.07, 6.45) is 2.31. The van der Waals surface area contributed by atoms with E-state index in [4.69, 9.17) is 4.74 Å². The van der Waals surface area contributed by atoms with Crippen molar-refractivity contribution in [1.82, 2.24) is 16.0 Å². The van der Waals surface area contributed by atoms with Crippen molar-refractivity contribution in [3.8, 4) is 0 Å². The molecule has 1 saturated carbocycles. The number of carbonyl (C=O) groups excluding carboxylic acids is 1. The predicted octanol–water partition coefficient (Wildman–Crippen LogP) is 2.19. The molecule has 1 aliphatic heterocycles. The fourth-order valence-corrected chi connectivity index (χ4v) is 4.30. The zero-order chi connectivity index (χ0) is 18.7. The molecule has 2 fully saturated rings. The van der Waals surface area contributed by atoms with Crippen molar-refractivity contribution in [3.63, 3.8) is 0 Å². The van der Waals surface area contributed by atoms with Gasteiger partial charge in [0.25, 0.3) is 5.91 Å². The largest absolute Gasteiger partial charge is 0.377 e. The summed E-state index contributed by atoms with van der Waals surface area (Å²) < 4.78 is 5.86. The lowest BCUT2D eigenvalue weighted by Crippen LogP contribution is -2.68. The Balaban J connectivity index is 0.00000261. The maximum absolute atomic E-state index is 11.7. The molecule has 1 aromatic rings. The third-order valence-corrected chi connectivity index (χ3v) is 5.74. The molecule has 3 rings (SSSR count). The van der Waals surface area contributed by atoms with Crippen LogP contribution in [0.4, 0.5) is 0 Å². The molecule has 1 saturated heterocycles. The van der Waals surface area contributed by atoms with E-state index in [1.54, 1.807) is 14.1 Å². The smallest absolute Gasteiger partial charge is 0.251 e. The molecule has 1 heterocycles. The van der Waals surface area contributed by atoms with Gasteiger partial charge in [0, 0.05) is 50.2 Å². The molecule has 1 amide bonds. The van der Waals surface area contributed by atoms with Crippen LogP contribution in [0.3, 0.4) is 0 Å². The van der Waals surface area contributed by atoms with Gasteiger partial charge in [-0.15, -0.1) is 24.0 Å². The Morgan fingerprint density at radius 3 is 2.85 bits per heavy atom. The van der Waals surface area contributed by atoms with Crippen molar-refractivity contribution in [2.24, 2.45) is 16.3 Å². The Morgan fingerprint density at radius 2 is 2.15 bits per heavy atom. The van der Waals surface area contributed by atoms with Crippen molar-refractivity contribution in [2.75, 3.05) is 27.2 Å². The Morgan fingerprint density at radius 1 is 1.37 bits per heavy atom. The van der Waals surface area contributed by atoms with Gasteiger partial charge in [-0.1, -0.05) is 26.0 Å². The molecule has 1 aliphatic carbocycles. The number of fused-ring (bicyclic) bond motifs is 1. The van der Waals surface area contributed by atoms with Crippen LogP contribution in [0.2, 0.25) is 0 Å². The summed E-state index contributed by atoms with van der Waals surface area (Å²) in [6, 6.07) is 8.11. The average Bonchev–Trinajstić information content (AvgIpc) is 3.11. The molecule has 27 heavy (non-hydrogen) atoms. The monoisotopic (exact) mass is 486 g/mol. The molecule has 2 aliphatic rings. The van der Waals surface area contributed by atoms with Crippen molar-refractivity contribution < 1.29 is 9.53 Å². The van der Waals surface area contributed by atoms with Crippen LogP contribution in [-0.4, -0.2) is 51.3 Å². The zero-order valence-corrected chi connectivity index (χ0v) is 18.9. The number of nitrogens with zero attached hydrogens (tertiary/aromatic N) is 1. The van der Waals surface area contributed by atoms with E-state index in [2.05, 4.69) is 34.8 Å². The number of hydrogen-bond acceptors (Lipinski definition) is 3. The molecule has 0 radical (unpaired) electrons. The molecule has 3 N–H and O–H groups in total. The molecule has 3 unspecified atom stereocenters. The normalized spacial score (nSPS) is 25.6. The lowest BCUT2D eigenvalue weighted by atomic mass is 9.57. The predicted molar refractivity (Wildman–Crippen MR) is 119 cm³/mol.